The van der Waals surface area contributed by atoms with Gasteiger partial charge in [-0.2, -0.15) is 0 Å². The third kappa shape index (κ3) is 3.00. The number of thiophene rings is 1. The van der Waals surface area contributed by atoms with Gasteiger partial charge < -0.3 is 0 Å². The van der Waals surface area contributed by atoms with Crippen molar-refractivity contribution in [1.29, 1.82) is 0 Å². The Balaban J connectivity index is 2.14. The van der Waals surface area contributed by atoms with E-state index in [1.54, 1.807) is 11.3 Å². The van der Waals surface area contributed by atoms with Crippen LogP contribution < -0.4 is 10.6 Å². The summed E-state index contributed by atoms with van der Waals surface area (Å²) >= 11 is 1.56. The van der Waals surface area contributed by atoms with Gasteiger partial charge in [-0.05, 0) is 23.0 Å². The van der Waals surface area contributed by atoms with Crippen molar-refractivity contribution in [2.75, 3.05) is 0 Å². The third-order valence-corrected chi connectivity index (χ3v) is 6.36. The highest BCUT2D eigenvalue weighted by atomic mass is 32.1. The van der Waals surface area contributed by atoms with Crippen molar-refractivity contribution in [3.63, 3.8) is 0 Å². The molecule has 0 aliphatic carbocycles. The molecule has 0 N–H and O–H groups in total. The lowest BCUT2D eigenvalue weighted by Crippen LogP contribution is -2.14. The number of hydrogen-bond acceptors (Lipinski definition) is 2. The van der Waals surface area contributed by atoms with Crippen molar-refractivity contribution in [3.8, 4) is 11.6 Å². The standard InChI is InChI=1S/C18H13OPS/c19-20(16-8-3-1-4-9-16,17-10-5-2-6-11-17)14-13-18-12-7-15-21-18/h1-12,15H. The largest absolute Gasteiger partial charge is 0.300 e. The first-order chi connectivity index (χ1) is 10.3. The van der Waals surface area contributed by atoms with E-state index in [0.29, 0.717) is 0 Å². The molecule has 1 heterocycles. The summed E-state index contributed by atoms with van der Waals surface area (Å²) in [5, 5.41) is 3.53. The van der Waals surface area contributed by atoms with Gasteiger partial charge in [-0.15, -0.1) is 11.3 Å². The molecule has 0 radical (unpaired) electrons. The Morgan fingerprint density at radius 3 is 1.81 bits per heavy atom. The van der Waals surface area contributed by atoms with Crippen LogP contribution in [-0.2, 0) is 4.57 Å². The SMILES string of the molecule is O=P(C#Cc1cccs1)(c1ccccc1)c1ccccc1. The Hall–Kier alpha value is -2.07. The molecular formula is C18H13OPS. The van der Waals surface area contributed by atoms with Gasteiger partial charge in [0.15, 0.2) is 0 Å². The first-order valence-corrected chi connectivity index (χ1v) is 9.16. The van der Waals surface area contributed by atoms with Gasteiger partial charge in [0, 0.05) is 10.6 Å². The molecule has 0 fully saturated rings. The fourth-order valence-electron chi connectivity index (χ4n) is 2.04. The first kappa shape index (κ1) is 13.9. The molecule has 0 bridgehead atoms. The number of rotatable bonds is 2. The van der Waals surface area contributed by atoms with Gasteiger partial charge in [-0.1, -0.05) is 66.7 Å². The van der Waals surface area contributed by atoms with Crippen molar-refractivity contribution in [2.24, 2.45) is 0 Å². The smallest absolute Gasteiger partial charge is 0.211 e. The van der Waals surface area contributed by atoms with Crippen LogP contribution in [-0.4, -0.2) is 0 Å². The Kier molecular flexibility index (Phi) is 4.06. The van der Waals surface area contributed by atoms with Gasteiger partial charge in [0.2, 0.25) is 7.14 Å². The molecule has 0 saturated heterocycles. The van der Waals surface area contributed by atoms with Gasteiger partial charge in [-0.3, -0.25) is 4.57 Å². The van der Waals surface area contributed by atoms with Crippen molar-refractivity contribution < 1.29 is 4.57 Å². The molecule has 0 aliphatic heterocycles. The van der Waals surface area contributed by atoms with E-state index in [4.69, 9.17) is 0 Å². The maximum absolute atomic E-state index is 13.5. The topological polar surface area (TPSA) is 17.1 Å². The Morgan fingerprint density at radius 2 is 1.33 bits per heavy atom. The molecule has 0 atom stereocenters. The minimum atomic E-state index is -2.92. The molecule has 21 heavy (non-hydrogen) atoms. The van der Waals surface area contributed by atoms with Crippen LogP contribution in [0.5, 0.6) is 0 Å². The monoisotopic (exact) mass is 308 g/mol. The summed E-state index contributed by atoms with van der Waals surface area (Å²) in [4.78, 5) is 0.932. The molecule has 3 rings (SSSR count). The van der Waals surface area contributed by atoms with Crippen LogP contribution in [0.2, 0.25) is 0 Å². The lowest BCUT2D eigenvalue weighted by Gasteiger charge is -2.12. The van der Waals surface area contributed by atoms with E-state index >= 15 is 0 Å². The van der Waals surface area contributed by atoms with Crippen molar-refractivity contribution in [3.05, 3.63) is 83.1 Å². The van der Waals surface area contributed by atoms with E-state index in [9.17, 15) is 4.57 Å². The lowest BCUT2D eigenvalue weighted by molar-refractivity contribution is 0.593. The molecule has 3 heteroatoms. The maximum atomic E-state index is 13.5. The molecule has 0 spiro atoms. The zero-order chi connectivity index (χ0) is 14.5. The second kappa shape index (κ2) is 6.14. The minimum absolute atomic E-state index is 0.778. The Morgan fingerprint density at radius 1 is 0.762 bits per heavy atom. The van der Waals surface area contributed by atoms with E-state index < -0.39 is 7.14 Å². The Bertz CT molecular complexity index is 768. The van der Waals surface area contributed by atoms with Gasteiger partial charge in [0.1, 0.15) is 0 Å². The van der Waals surface area contributed by atoms with Gasteiger partial charge >= 0.3 is 0 Å². The van der Waals surface area contributed by atoms with Crippen LogP contribution >= 0.6 is 18.5 Å². The van der Waals surface area contributed by atoms with Gasteiger partial charge in [0.25, 0.3) is 0 Å². The van der Waals surface area contributed by atoms with Gasteiger partial charge in [0.05, 0.1) is 4.88 Å². The van der Waals surface area contributed by atoms with E-state index in [1.165, 1.54) is 0 Å². The quantitative estimate of drug-likeness (QED) is 0.515. The number of benzene rings is 2. The van der Waals surface area contributed by atoms with Crippen molar-refractivity contribution >= 4 is 29.1 Å². The average Bonchev–Trinajstić information content (AvgIpc) is 3.08. The molecule has 0 unspecified atom stereocenters. The fraction of sp³-hybridized carbons (Fsp3) is 0. The summed E-state index contributed by atoms with van der Waals surface area (Å²) in [5.41, 5.74) is 3.05. The fourth-order valence-corrected chi connectivity index (χ4v) is 4.70. The van der Waals surface area contributed by atoms with Crippen LogP contribution in [0.3, 0.4) is 0 Å². The molecule has 0 amide bonds. The van der Waals surface area contributed by atoms with Crippen molar-refractivity contribution in [1.82, 2.24) is 0 Å². The zero-order valence-corrected chi connectivity index (χ0v) is 13.0. The number of hydrogen-bond donors (Lipinski definition) is 0. The van der Waals surface area contributed by atoms with Crippen LogP contribution in [0.15, 0.2) is 78.2 Å². The molecule has 1 nitrogen and oxygen atoms in total. The Labute approximate surface area is 128 Å². The summed E-state index contributed by atoms with van der Waals surface area (Å²) in [6.07, 6.45) is 0. The highest BCUT2D eigenvalue weighted by Gasteiger charge is 2.24. The van der Waals surface area contributed by atoms with E-state index in [1.807, 2.05) is 78.2 Å². The van der Waals surface area contributed by atoms with Crippen LogP contribution in [0.4, 0.5) is 0 Å². The predicted molar refractivity (Wildman–Crippen MR) is 91.0 cm³/mol. The summed E-state index contributed by atoms with van der Waals surface area (Å²) in [7, 11) is -2.92. The maximum Gasteiger partial charge on any atom is 0.211 e. The normalized spacial score (nSPS) is 10.7. The highest BCUT2D eigenvalue weighted by molar-refractivity contribution is 7.83. The summed E-state index contributed by atoms with van der Waals surface area (Å²) in [5.74, 6) is 3.07. The molecule has 0 aliphatic rings. The van der Waals surface area contributed by atoms with E-state index in [-0.39, 0.29) is 0 Å². The minimum Gasteiger partial charge on any atom is -0.300 e. The van der Waals surface area contributed by atoms with Crippen LogP contribution in [0.1, 0.15) is 4.88 Å². The zero-order valence-electron chi connectivity index (χ0n) is 11.3. The van der Waals surface area contributed by atoms with Gasteiger partial charge in [-0.25, -0.2) is 0 Å². The average molecular weight is 308 g/mol. The van der Waals surface area contributed by atoms with Crippen LogP contribution in [0.25, 0.3) is 0 Å². The predicted octanol–water partition coefficient (Wildman–Crippen LogP) is 4.07. The highest BCUT2D eigenvalue weighted by Crippen LogP contribution is 2.42. The third-order valence-electron chi connectivity index (χ3n) is 3.10. The molecule has 1 aromatic heterocycles. The molecule has 3 aromatic rings. The van der Waals surface area contributed by atoms with E-state index in [2.05, 4.69) is 11.6 Å². The first-order valence-electron chi connectivity index (χ1n) is 6.57. The molecular weight excluding hydrogens is 295 g/mol. The van der Waals surface area contributed by atoms with Crippen molar-refractivity contribution in [2.45, 2.75) is 0 Å². The summed E-state index contributed by atoms with van der Waals surface area (Å²) in [6, 6.07) is 22.9. The molecule has 0 saturated carbocycles. The molecule has 102 valence electrons. The summed E-state index contributed by atoms with van der Waals surface area (Å²) < 4.78 is 13.5. The summed E-state index contributed by atoms with van der Waals surface area (Å²) in [6.45, 7) is 0. The lowest BCUT2D eigenvalue weighted by atomic mass is 10.4. The molecule has 2 aromatic carbocycles. The van der Waals surface area contributed by atoms with E-state index in [0.717, 1.165) is 15.5 Å². The second-order valence-electron chi connectivity index (χ2n) is 4.49. The van der Waals surface area contributed by atoms with Crippen LogP contribution in [0, 0.1) is 11.6 Å². The second-order valence-corrected chi connectivity index (χ2v) is 7.92.